The number of carbonyl (C=O) groups excluding carboxylic acids is 1. The van der Waals surface area contributed by atoms with E-state index in [4.69, 9.17) is 5.41 Å². The minimum absolute atomic E-state index is 0.169. The van der Waals surface area contributed by atoms with E-state index in [1.54, 1.807) is 0 Å². The van der Waals surface area contributed by atoms with Crippen LogP contribution < -0.4 is 0 Å². The molecule has 2 nitrogen and oxygen atoms in total. The summed E-state index contributed by atoms with van der Waals surface area (Å²) in [5, 5.41) is 7.42. The van der Waals surface area contributed by atoms with Gasteiger partial charge in [-0.15, -0.1) is 0 Å². The Bertz CT molecular complexity index is 186. The largest absolute Gasteiger partial charge is 0.310 e. The summed E-state index contributed by atoms with van der Waals surface area (Å²) in [7, 11) is 0. The summed E-state index contributed by atoms with van der Waals surface area (Å²) in [6, 6.07) is 0. The summed E-state index contributed by atoms with van der Waals surface area (Å²) >= 11 is 0. The van der Waals surface area contributed by atoms with Gasteiger partial charge < -0.3 is 5.41 Å². The summed E-state index contributed by atoms with van der Waals surface area (Å²) in [6.07, 6.45) is 3.50. The van der Waals surface area contributed by atoms with Crippen molar-refractivity contribution in [3.05, 3.63) is 0 Å². The van der Waals surface area contributed by atoms with Gasteiger partial charge in [0.15, 0.2) is 0 Å². The van der Waals surface area contributed by atoms with Gasteiger partial charge in [-0.2, -0.15) is 0 Å². The van der Waals surface area contributed by atoms with Crippen molar-refractivity contribution in [3.63, 3.8) is 0 Å². The van der Waals surface area contributed by atoms with Crippen LogP contribution in [0.5, 0.6) is 0 Å². The molecule has 0 aromatic heterocycles. The average Bonchev–Trinajstić information content (AvgIpc) is 2.04. The highest BCUT2D eigenvalue weighted by Crippen LogP contribution is 2.24. The fourth-order valence-electron chi connectivity index (χ4n) is 1.72. The first-order valence-electron chi connectivity index (χ1n) is 4.71. The molecule has 0 atom stereocenters. The van der Waals surface area contributed by atoms with E-state index in [1.165, 1.54) is 0 Å². The van der Waals surface area contributed by atoms with Crippen molar-refractivity contribution in [3.8, 4) is 0 Å². The molecular weight excluding hydrogens is 150 g/mol. The highest BCUT2D eigenvalue weighted by Gasteiger charge is 2.24. The molecular formula is C10H17NO. The molecule has 1 saturated carbocycles. The van der Waals surface area contributed by atoms with Crippen molar-refractivity contribution in [1.29, 1.82) is 5.41 Å². The molecule has 0 bridgehead atoms. The van der Waals surface area contributed by atoms with Crippen molar-refractivity contribution in [1.82, 2.24) is 0 Å². The molecule has 0 saturated heterocycles. The van der Waals surface area contributed by atoms with Crippen molar-refractivity contribution < 1.29 is 4.79 Å². The number of carbonyl (C=O) groups is 1. The SMILES string of the molecule is CC(C)C(=O)C1CCC(=N)CC1. The standard InChI is InChI=1S/C10H17NO/c1-7(2)10(12)8-3-5-9(11)6-4-8/h7-8,11H,3-6H2,1-2H3. The number of ketones is 1. The molecule has 0 aliphatic heterocycles. The smallest absolute Gasteiger partial charge is 0.138 e. The van der Waals surface area contributed by atoms with Gasteiger partial charge in [-0.1, -0.05) is 13.8 Å². The van der Waals surface area contributed by atoms with E-state index in [1.807, 2.05) is 13.8 Å². The average molecular weight is 167 g/mol. The minimum atomic E-state index is 0.169. The maximum Gasteiger partial charge on any atom is 0.138 e. The quantitative estimate of drug-likeness (QED) is 0.674. The van der Waals surface area contributed by atoms with Crippen LogP contribution in [0.4, 0.5) is 0 Å². The Labute approximate surface area is 73.9 Å². The van der Waals surface area contributed by atoms with Crippen LogP contribution in [0.3, 0.4) is 0 Å². The van der Waals surface area contributed by atoms with E-state index in [0.29, 0.717) is 5.78 Å². The van der Waals surface area contributed by atoms with Crippen LogP contribution in [0.1, 0.15) is 39.5 Å². The number of hydrogen-bond acceptors (Lipinski definition) is 2. The van der Waals surface area contributed by atoms with Gasteiger partial charge in [-0.3, -0.25) is 4.79 Å². The normalized spacial score (nSPS) is 24.6. The van der Waals surface area contributed by atoms with E-state index in [9.17, 15) is 4.79 Å². The van der Waals surface area contributed by atoms with E-state index >= 15 is 0 Å². The lowest BCUT2D eigenvalue weighted by atomic mass is 9.82. The third-order valence-electron chi connectivity index (χ3n) is 2.56. The van der Waals surface area contributed by atoms with Gasteiger partial charge in [-0.25, -0.2) is 0 Å². The van der Waals surface area contributed by atoms with Crippen LogP contribution in [-0.4, -0.2) is 11.5 Å². The van der Waals surface area contributed by atoms with Crippen molar-refractivity contribution >= 4 is 11.5 Å². The molecule has 1 fully saturated rings. The van der Waals surface area contributed by atoms with Gasteiger partial charge in [-0.05, 0) is 25.7 Å². The molecule has 2 heteroatoms. The Morgan fingerprint density at radius 3 is 2.33 bits per heavy atom. The van der Waals surface area contributed by atoms with Gasteiger partial charge >= 0.3 is 0 Å². The van der Waals surface area contributed by atoms with Crippen LogP contribution in [0.15, 0.2) is 0 Å². The molecule has 0 amide bonds. The second kappa shape index (κ2) is 3.83. The number of nitrogens with one attached hydrogen (secondary N) is 1. The maximum atomic E-state index is 11.5. The third kappa shape index (κ3) is 2.16. The first kappa shape index (κ1) is 9.43. The maximum absolute atomic E-state index is 11.5. The molecule has 1 aliphatic rings. The van der Waals surface area contributed by atoms with Crippen LogP contribution >= 0.6 is 0 Å². The predicted molar refractivity (Wildman–Crippen MR) is 49.5 cm³/mol. The van der Waals surface area contributed by atoms with Gasteiger partial charge in [0.05, 0.1) is 0 Å². The molecule has 12 heavy (non-hydrogen) atoms. The van der Waals surface area contributed by atoms with Crippen LogP contribution in [0.2, 0.25) is 0 Å². The topological polar surface area (TPSA) is 40.9 Å². The summed E-state index contributed by atoms with van der Waals surface area (Å²) < 4.78 is 0. The number of hydrogen-bond donors (Lipinski definition) is 1. The van der Waals surface area contributed by atoms with Crippen molar-refractivity contribution in [2.45, 2.75) is 39.5 Å². The molecule has 0 heterocycles. The molecule has 1 aliphatic carbocycles. The Kier molecular flexibility index (Phi) is 3.01. The lowest BCUT2D eigenvalue weighted by Gasteiger charge is -2.22. The Morgan fingerprint density at radius 2 is 1.92 bits per heavy atom. The Balaban J connectivity index is 2.44. The van der Waals surface area contributed by atoms with E-state index < -0.39 is 0 Å². The van der Waals surface area contributed by atoms with Crippen molar-refractivity contribution in [2.75, 3.05) is 0 Å². The zero-order valence-corrected chi connectivity index (χ0v) is 7.89. The fourth-order valence-corrected chi connectivity index (χ4v) is 1.72. The molecule has 0 aromatic rings. The van der Waals surface area contributed by atoms with Crippen LogP contribution in [0.25, 0.3) is 0 Å². The highest BCUT2D eigenvalue weighted by atomic mass is 16.1. The first-order chi connectivity index (χ1) is 5.61. The number of Topliss-reactive ketones (excluding diaryl/α,β-unsaturated/α-hetero) is 1. The van der Waals surface area contributed by atoms with Gasteiger partial charge in [0.1, 0.15) is 5.78 Å². The third-order valence-corrected chi connectivity index (χ3v) is 2.56. The summed E-state index contributed by atoms with van der Waals surface area (Å²) in [5.74, 6) is 0.809. The molecule has 1 rings (SSSR count). The van der Waals surface area contributed by atoms with Crippen LogP contribution in [0, 0.1) is 17.2 Å². The van der Waals surface area contributed by atoms with E-state index in [-0.39, 0.29) is 11.8 Å². The molecule has 68 valence electrons. The molecule has 1 N–H and O–H groups in total. The van der Waals surface area contributed by atoms with E-state index in [2.05, 4.69) is 0 Å². The Morgan fingerprint density at radius 1 is 1.42 bits per heavy atom. The molecule has 0 aromatic carbocycles. The fraction of sp³-hybridized carbons (Fsp3) is 0.800. The zero-order valence-electron chi connectivity index (χ0n) is 7.89. The summed E-state index contributed by atoms with van der Waals surface area (Å²) in [6.45, 7) is 3.92. The lowest BCUT2D eigenvalue weighted by Crippen LogP contribution is -2.24. The summed E-state index contributed by atoms with van der Waals surface area (Å²) in [4.78, 5) is 11.5. The monoisotopic (exact) mass is 167 g/mol. The van der Waals surface area contributed by atoms with Crippen LogP contribution in [-0.2, 0) is 4.79 Å². The van der Waals surface area contributed by atoms with E-state index in [0.717, 1.165) is 31.4 Å². The first-order valence-corrected chi connectivity index (χ1v) is 4.71. The zero-order chi connectivity index (χ0) is 9.14. The molecule has 0 unspecified atom stereocenters. The summed E-state index contributed by atoms with van der Waals surface area (Å²) in [5.41, 5.74) is 0.822. The second-order valence-electron chi connectivity index (χ2n) is 3.93. The minimum Gasteiger partial charge on any atom is -0.310 e. The highest BCUT2D eigenvalue weighted by molar-refractivity contribution is 5.87. The van der Waals surface area contributed by atoms with Gasteiger partial charge in [0, 0.05) is 17.5 Å². The lowest BCUT2D eigenvalue weighted by molar-refractivity contribution is -0.126. The molecule has 0 spiro atoms. The van der Waals surface area contributed by atoms with Crippen molar-refractivity contribution in [2.24, 2.45) is 11.8 Å². The Hall–Kier alpha value is -0.660. The predicted octanol–water partition coefficient (Wildman–Crippen LogP) is 2.42. The van der Waals surface area contributed by atoms with Gasteiger partial charge in [0.2, 0.25) is 0 Å². The number of rotatable bonds is 2. The molecule has 0 radical (unpaired) electrons. The van der Waals surface area contributed by atoms with Gasteiger partial charge in [0.25, 0.3) is 0 Å². The second-order valence-corrected chi connectivity index (χ2v) is 3.93.